The summed E-state index contributed by atoms with van der Waals surface area (Å²) in [6, 6.07) is 31.1. The minimum atomic E-state index is 0.140. The summed E-state index contributed by atoms with van der Waals surface area (Å²) in [5.41, 5.74) is 6.82. The number of hydrogen-bond acceptors (Lipinski definition) is 0. The van der Waals surface area contributed by atoms with E-state index in [0.29, 0.717) is 0 Å². The van der Waals surface area contributed by atoms with Gasteiger partial charge in [0.1, 0.15) is 0 Å². The number of benzene rings is 3. The zero-order chi connectivity index (χ0) is 23.0. The molecule has 0 saturated carbocycles. The Morgan fingerprint density at radius 2 is 1.19 bits per heavy atom. The Labute approximate surface area is 195 Å². The first-order valence-corrected chi connectivity index (χ1v) is 11.6. The third kappa shape index (κ3) is 5.77. The molecule has 0 radical (unpaired) electrons. The van der Waals surface area contributed by atoms with Gasteiger partial charge in [-0.3, -0.25) is 0 Å². The summed E-state index contributed by atoms with van der Waals surface area (Å²) >= 11 is 0. The summed E-state index contributed by atoms with van der Waals surface area (Å²) in [7, 11) is 0. The minimum Gasteiger partial charge on any atom is -0.0877 e. The third-order valence-electron chi connectivity index (χ3n) is 5.99. The lowest BCUT2D eigenvalue weighted by molar-refractivity contribution is 0.589. The van der Waals surface area contributed by atoms with Crippen molar-refractivity contribution in [3.05, 3.63) is 143 Å². The maximum absolute atomic E-state index is 2.33. The van der Waals surface area contributed by atoms with Crippen LogP contribution in [0.25, 0.3) is 0 Å². The van der Waals surface area contributed by atoms with Crippen LogP contribution in [0.3, 0.4) is 0 Å². The summed E-state index contributed by atoms with van der Waals surface area (Å²) in [4.78, 5) is 0. The molecule has 0 N–H and O–H groups in total. The number of allylic oxidation sites excluding steroid dienone is 6. The van der Waals surface area contributed by atoms with E-state index in [-0.39, 0.29) is 17.3 Å². The first-order chi connectivity index (χ1) is 15.5. The number of hydrogen-bond donors (Lipinski definition) is 0. The highest BCUT2D eigenvalue weighted by molar-refractivity contribution is 5.47. The normalized spacial score (nSPS) is 14.7. The molecule has 3 aromatic rings. The van der Waals surface area contributed by atoms with Crippen molar-refractivity contribution in [3.8, 4) is 0 Å². The minimum absolute atomic E-state index is 0.140. The SMILES string of the molecule is C\C=C/C=C(\C=C/C)C(c1ccccc1)C(c1ccccc1)c1ccc(C(C)(C)C)cc1. The van der Waals surface area contributed by atoms with E-state index in [9.17, 15) is 0 Å². The molecule has 3 aromatic carbocycles. The van der Waals surface area contributed by atoms with E-state index >= 15 is 0 Å². The van der Waals surface area contributed by atoms with Gasteiger partial charge >= 0.3 is 0 Å². The van der Waals surface area contributed by atoms with Crippen molar-refractivity contribution in [2.24, 2.45) is 0 Å². The fraction of sp³-hybridized carbons (Fsp3) is 0.250. The van der Waals surface area contributed by atoms with Crippen LogP contribution in [0.4, 0.5) is 0 Å². The Bertz CT molecular complexity index is 1040. The standard InChI is InChI=1S/C32H36/c1-6-8-16-25(15-7-2)30(26-17-11-9-12-18-26)31(27-19-13-10-14-20-27)28-21-23-29(24-22-28)32(3,4)5/h6-24,30-31H,1-5H3/b8-6-,15-7-,25-16+. The molecule has 0 aliphatic rings. The van der Waals surface area contributed by atoms with Crippen LogP contribution in [0, 0.1) is 0 Å². The predicted octanol–water partition coefficient (Wildman–Crippen LogP) is 8.98. The third-order valence-corrected chi connectivity index (χ3v) is 5.99. The predicted molar refractivity (Wildman–Crippen MR) is 140 cm³/mol. The topological polar surface area (TPSA) is 0 Å². The average Bonchev–Trinajstić information content (AvgIpc) is 2.81. The highest BCUT2D eigenvalue weighted by Crippen LogP contribution is 2.44. The Morgan fingerprint density at radius 3 is 1.69 bits per heavy atom. The molecule has 0 fully saturated rings. The second-order valence-electron chi connectivity index (χ2n) is 9.34. The lowest BCUT2D eigenvalue weighted by atomic mass is 9.72. The summed E-state index contributed by atoms with van der Waals surface area (Å²) < 4.78 is 0. The summed E-state index contributed by atoms with van der Waals surface area (Å²) in [5, 5.41) is 0. The van der Waals surface area contributed by atoms with E-state index in [4.69, 9.17) is 0 Å². The Morgan fingerprint density at radius 1 is 0.656 bits per heavy atom. The van der Waals surface area contributed by atoms with Crippen molar-refractivity contribution < 1.29 is 0 Å². The lowest BCUT2D eigenvalue weighted by Gasteiger charge is -2.31. The molecular weight excluding hydrogens is 384 g/mol. The van der Waals surface area contributed by atoms with Gasteiger partial charge in [-0.05, 0) is 47.1 Å². The van der Waals surface area contributed by atoms with Gasteiger partial charge in [0.05, 0.1) is 0 Å². The molecule has 0 nitrogen and oxygen atoms in total. The van der Waals surface area contributed by atoms with Gasteiger partial charge in [0.2, 0.25) is 0 Å². The van der Waals surface area contributed by atoms with Gasteiger partial charge in [-0.1, -0.05) is 136 Å². The van der Waals surface area contributed by atoms with Crippen molar-refractivity contribution in [1.82, 2.24) is 0 Å². The molecule has 32 heavy (non-hydrogen) atoms. The number of rotatable bonds is 7. The van der Waals surface area contributed by atoms with Crippen molar-refractivity contribution in [2.75, 3.05) is 0 Å². The fourth-order valence-electron chi connectivity index (χ4n) is 4.33. The van der Waals surface area contributed by atoms with Crippen molar-refractivity contribution in [1.29, 1.82) is 0 Å². The molecule has 0 heteroatoms. The maximum atomic E-state index is 2.33. The Kier molecular flexibility index (Phi) is 8.06. The van der Waals surface area contributed by atoms with Gasteiger partial charge in [-0.15, -0.1) is 0 Å². The first kappa shape index (κ1) is 23.5. The van der Waals surface area contributed by atoms with Crippen LogP contribution >= 0.6 is 0 Å². The molecular formula is C32H36. The van der Waals surface area contributed by atoms with Crippen LogP contribution in [0.5, 0.6) is 0 Å². The molecule has 0 spiro atoms. The summed E-state index contributed by atoms with van der Waals surface area (Å²) in [6.45, 7) is 11.0. The highest BCUT2D eigenvalue weighted by Gasteiger charge is 2.29. The molecule has 0 aliphatic carbocycles. The van der Waals surface area contributed by atoms with E-state index in [1.807, 2.05) is 0 Å². The van der Waals surface area contributed by atoms with Crippen LogP contribution in [0.15, 0.2) is 121 Å². The average molecular weight is 421 g/mol. The van der Waals surface area contributed by atoms with Crippen LogP contribution in [0.2, 0.25) is 0 Å². The van der Waals surface area contributed by atoms with Gasteiger partial charge < -0.3 is 0 Å². The second kappa shape index (κ2) is 11.0. The monoisotopic (exact) mass is 420 g/mol. The smallest absolute Gasteiger partial charge is 0.0199 e. The Hall–Kier alpha value is -3.12. The van der Waals surface area contributed by atoms with Crippen molar-refractivity contribution in [3.63, 3.8) is 0 Å². The maximum Gasteiger partial charge on any atom is 0.0199 e. The molecule has 0 aromatic heterocycles. The van der Waals surface area contributed by atoms with Crippen LogP contribution in [-0.2, 0) is 5.41 Å². The van der Waals surface area contributed by atoms with E-state index in [0.717, 1.165) is 0 Å². The zero-order valence-electron chi connectivity index (χ0n) is 20.1. The van der Waals surface area contributed by atoms with E-state index in [1.165, 1.54) is 27.8 Å². The van der Waals surface area contributed by atoms with Gasteiger partial charge in [0, 0.05) is 11.8 Å². The van der Waals surface area contributed by atoms with Gasteiger partial charge in [0.15, 0.2) is 0 Å². The van der Waals surface area contributed by atoms with E-state index in [2.05, 4.69) is 150 Å². The van der Waals surface area contributed by atoms with E-state index in [1.54, 1.807) is 0 Å². The van der Waals surface area contributed by atoms with Gasteiger partial charge in [-0.2, -0.15) is 0 Å². The Balaban J connectivity index is 2.25. The molecule has 0 saturated heterocycles. The van der Waals surface area contributed by atoms with Gasteiger partial charge in [0.25, 0.3) is 0 Å². The van der Waals surface area contributed by atoms with Crippen molar-refractivity contribution >= 4 is 0 Å². The van der Waals surface area contributed by atoms with Gasteiger partial charge in [-0.25, -0.2) is 0 Å². The molecule has 2 atom stereocenters. The fourth-order valence-corrected chi connectivity index (χ4v) is 4.33. The molecule has 0 bridgehead atoms. The van der Waals surface area contributed by atoms with E-state index < -0.39 is 0 Å². The lowest BCUT2D eigenvalue weighted by Crippen LogP contribution is -2.16. The molecule has 0 heterocycles. The van der Waals surface area contributed by atoms with Crippen LogP contribution < -0.4 is 0 Å². The molecule has 0 amide bonds. The first-order valence-electron chi connectivity index (χ1n) is 11.6. The highest BCUT2D eigenvalue weighted by atomic mass is 14.3. The second-order valence-corrected chi connectivity index (χ2v) is 9.34. The molecule has 3 rings (SSSR count). The largest absolute Gasteiger partial charge is 0.0877 e. The van der Waals surface area contributed by atoms with Crippen LogP contribution in [-0.4, -0.2) is 0 Å². The zero-order valence-corrected chi connectivity index (χ0v) is 20.1. The molecule has 164 valence electrons. The summed E-state index contributed by atoms with van der Waals surface area (Å²) in [6.07, 6.45) is 10.9. The van der Waals surface area contributed by atoms with Crippen LogP contribution in [0.1, 0.15) is 68.7 Å². The summed E-state index contributed by atoms with van der Waals surface area (Å²) in [5.74, 6) is 0.409. The molecule has 2 unspecified atom stereocenters. The molecule has 0 aliphatic heterocycles. The van der Waals surface area contributed by atoms with Crippen molar-refractivity contribution in [2.45, 2.75) is 51.9 Å². The quantitative estimate of drug-likeness (QED) is 0.335.